The van der Waals surface area contributed by atoms with Gasteiger partial charge in [0.05, 0.1) is 6.04 Å². The van der Waals surface area contributed by atoms with E-state index < -0.39 is 5.97 Å². The number of aromatic nitrogens is 2. The van der Waals surface area contributed by atoms with E-state index in [1.54, 1.807) is 6.92 Å². The molecule has 2 aromatic rings. The highest BCUT2D eigenvalue weighted by molar-refractivity contribution is 5.85. The van der Waals surface area contributed by atoms with Crippen molar-refractivity contribution < 1.29 is 14.6 Å². The molecule has 1 atom stereocenters. The van der Waals surface area contributed by atoms with Crippen molar-refractivity contribution >= 4 is 11.9 Å². The Balaban J connectivity index is 1.88. The van der Waals surface area contributed by atoms with Gasteiger partial charge in [0.2, 0.25) is 5.95 Å². The number of rotatable bonds is 3. The molecule has 6 heteroatoms. The lowest BCUT2D eigenvalue weighted by atomic mass is 10.1. The Bertz CT molecular complexity index is 672. The van der Waals surface area contributed by atoms with Gasteiger partial charge in [-0.2, -0.15) is 0 Å². The maximum Gasteiger partial charge on any atom is 0.354 e. The number of aryl methyl sites for hydroxylation is 1. The largest absolute Gasteiger partial charge is 0.491 e. The summed E-state index contributed by atoms with van der Waals surface area (Å²) in [7, 11) is 0. The van der Waals surface area contributed by atoms with Gasteiger partial charge >= 0.3 is 5.97 Å². The molecule has 0 aliphatic carbocycles. The van der Waals surface area contributed by atoms with Gasteiger partial charge in [0.1, 0.15) is 12.4 Å². The Labute approximate surface area is 115 Å². The molecule has 1 aromatic carbocycles. The minimum atomic E-state index is -1.07. The van der Waals surface area contributed by atoms with E-state index in [0.717, 1.165) is 11.3 Å². The van der Waals surface area contributed by atoms with Gasteiger partial charge in [0.25, 0.3) is 0 Å². The van der Waals surface area contributed by atoms with Crippen molar-refractivity contribution in [3.63, 3.8) is 0 Å². The molecular weight excluding hydrogens is 258 g/mol. The van der Waals surface area contributed by atoms with Crippen LogP contribution in [0.15, 0.2) is 30.3 Å². The standard InChI is InChI=1S/C14H13N3O3/c1-8-6-10(13(18)19)16-14(15-8)17-11-7-20-12-5-3-2-4-9(11)12/h2-6,11H,7H2,1H3,(H,18,19)(H,15,16,17). The number of carbonyl (C=O) groups is 1. The van der Waals surface area contributed by atoms with Gasteiger partial charge in [-0.15, -0.1) is 0 Å². The fourth-order valence-electron chi connectivity index (χ4n) is 2.18. The maximum atomic E-state index is 11.0. The molecule has 6 nitrogen and oxygen atoms in total. The summed E-state index contributed by atoms with van der Waals surface area (Å²) < 4.78 is 5.56. The Morgan fingerprint density at radius 3 is 3.00 bits per heavy atom. The molecule has 0 spiro atoms. The zero-order valence-electron chi connectivity index (χ0n) is 10.8. The number of nitrogens with zero attached hydrogens (tertiary/aromatic N) is 2. The quantitative estimate of drug-likeness (QED) is 0.888. The third kappa shape index (κ3) is 2.27. The summed E-state index contributed by atoms with van der Waals surface area (Å²) >= 11 is 0. The average molecular weight is 271 g/mol. The molecule has 20 heavy (non-hydrogen) atoms. The molecule has 2 N–H and O–H groups in total. The number of nitrogens with one attached hydrogen (secondary N) is 1. The zero-order chi connectivity index (χ0) is 14.1. The molecular formula is C14H13N3O3. The van der Waals surface area contributed by atoms with Crippen molar-refractivity contribution in [1.29, 1.82) is 0 Å². The fraction of sp³-hybridized carbons (Fsp3) is 0.214. The first-order chi connectivity index (χ1) is 9.63. The van der Waals surface area contributed by atoms with E-state index in [-0.39, 0.29) is 11.7 Å². The number of hydrogen-bond acceptors (Lipinski definition) is 5. The topological polar surface area (TPSA) is 84.3 Å². The molecule has 1 aliphatic rings. The highest BCUT2D eigenvalue weighted by Crippen LogP contribution is 2.33. The molecule has 2 heterocycles. The number of anilines is 1. The minimum Gasteiger partial charge on any atom is -0.491 e. The normalized spacial score (nSPS) is 16.4. The number of hydrogen-bond donors (Lipinski definition) is 2. The van der Waals surface area contributed by atoms with Crippen LogP contribution in [0.3, 0.4) is 0 Å². The second-order valence-electron chi connectivity index (χ2n) is 4.57. The molecule has 1 aromatic heterocycles. The van der Waals surface area contributed by atoms with Crippen molar-refractivity contribution in [2.45, 2.75) is 13.0 Å². The van der Waals surface area contributed by atoms with Crippen molar-refractivity contribution in [2.24, 2.45) is 0 Å². The number of para-hydroxylation sites is 1. The summed E-state index contributed by atoms with van der Waals surface area (Å²) in [5.41, 5.74) is 1.61. The number of benzene rings is 1. The Hall–Kier alpha value is -2.63. The van der Waals surface area contributed by atoms with Crippen LogP contribution >= 0.6 is 0 Å². The maximum absolute atomic E-state index is 11.0. The summed E-state index contributed by atoms with van der Waals surface area (Å²) in [4.78, 5) is 19.2. The Kier molecular flexibility index (Phi) is 2.98. The van der Waals surface area contributed by atoms with Crippen LogP contribution in [0.1, 0.15) is 27.8 Å². The van der Waals surface area contributed by atoms with Gasteiger partial charge < -0.3 is 15.2 Å². The van der Waals surface area contributed by atoms with E-state index in [9.17, 15) is 4.79 Å². The van der Waals surface area contributed by atoms with Crippen molar-refractivity contribution in [2.75, 3.05) is 11.9 Å². The SMILES string of the molecule is Cc1cc(C(=O)O)nc(NC2COc3ccccc32)n1. The second kappa shape index (κ2) is 4.80. The van der Waals surface area contributed by atoms with Crippen molar-refractivity contribution in [3.05, 3.63) is 47.3 Å². The second-order valence-corrected chi connectivity index (χ2v) is 4.57. The van der Waals surface area contributed by atoms with Crippen molar-refractivity contribution in [1.82, 2.24) is 9.97 Å². The van der Waals surface area contributed by atoms with Crippen LogP contribution in [-0.4, -0.2) is 27.7 Å². The third-order valence-corrected chi connectivity index (χ3v) is 3.08. The first-order valence-corrected chi connectivity index (χ1v) is 6.21. The van der Waals surface area contributed by atoms with Crippen LogP contribution < -0.4 is 10.1 Å². The van der Waals surface area contributed by atoms with Crippen LogP contribution in [-0.2, 0) is 0 Å². The first-order valence-electron chi connectivity index (χ1n) is 6.21. The predicted octanol–water partition coefficient (Wildman–Crippen LogP) is 2.03. The lowest BCUT2D eigenvalue weighted by Gasteiger charge is -2.12. The summed E-state index contributed by atoms with van der Waals surface area (Å²) in [6, 6.07) is 9.07. The summed E-state index contributed by atoms with van der Waals surface area (Å²) in [5.74, 6) is 0.0606. The van der Waals surface area contributed by atoms with Gasteiger partial charge in [-0.05, 0) is 19.1 Å². The fourth-order valence-corrected chi connectivity index (χ4v) is 2.18. The van der Waals surface area contributed by atoms with Crippen LogP contribution in [0.5, 0.6) is 5.75 Å². The molecule has 0 saturated carbocycles. The van der Waals surface area contributed by atoms with E-state index >= 15 is 0 Å². The number of fused-ring (bicyclic) bond motifs is 1. The number of ether oxygens (including phenoxy) is 1. The average Bonchev–Trinajstić information content (AvgIpc) is 2.82. The number of aromatic carboxylic acids is 1. The molecule has 0 bridgehead atoms. The van der Waals surface area contributed by atoms with Crippen LogP contribution in [0, 0.1) is 6.92 Å². The van der Waals surface area contributed by atoms with E-state index in [1.807, 2.05) is 24.3 Å². The zero-order valence-corrected chi connectivity index (χ0v) is 10.8. The lowest BCUT2D eigenvalue weighted by molar-refractivity contribution is 0.0690. The van der Waals surface area contributed by atoms with Crippen LogP contribution in [0.2, 0.25) is 0 Å². The highest BCUT2D eigenvalue weighted by Gasteiger charge is 2.24. The molecule has 1 unspecified atom stereocenters. The van der Waals surface area contributed by atoms with Gasteiger partial charge in [0.15, 0.2) is 5.69 Å². The Morgan fingerprint density at radius 2 is 2.20 bits per heavy atom. The monoisotopic (exact) mass is 271 g/mol. The molecule has 1 aliphatic heterocycles. The van der Waals surface area contributed by atoms with E-state index in [2.05, 4.69) is 15.3 Å². The summed E-state index contributed by atoms with van der Waals surface area (Å²) in [6.07, 6.45) is 0. The molecule has 0 fully saturated rings. The third-order valence-electron chi connectivity index (χ3n) is 3.08. The summed E-state index contributed by atoms with van der Waals surface area (Å²) in [5, 5.41) is 12.1. The summed E-state index contributed by atoms with van der Waals surface area (Å²) in [6.45, 7) is 2.21. The van der Waals surface area contributed by atoms with Crippen LogP contribution in [0.25, 0.3) is 0 Å². The molecule has 102 valence electrons. The Morgan fingerprint density at radius 1 is 1.40 bits per heavy atom. The highest BCUT2D eigenvalue weighted by atomic mass is 16.5. The van der Waals surface area contributed by atoms with E-state index in [4.69, 9.17) is 9.84 Å². The minimum absolute atomic E-state index is 0.0211. The van der Waals surface area contributed by atoms with E-state index in [1.165, 1.54) is 6.07 Å². The van der Waals surface area contributed by atoms with Gasteiger partial charge in [-0.25, -0.2) is 14.8 Å². The number of carboxylic acids is 1. The molecule has 0 amide bonds. The predicted molar refractivity (Wildman–Crippen MR) is 72.0 cm³/mol. The smallest absolute Gasteiger partial charge is 0.354 e. The van der Waals surface area contributed by atoms with Crippen LogP contribution in [0.4, 0.5) is 5.95 Å². The van der Waals surface area contributed by atoms with Gasteiger partial charge in [0, 0.05) is 11.3 Å². The molecule has 0 radical (unpaired) electrons. The molecule has 3 rings (SSSR count). The van der Waals surface area contributed by atoms with Crippen molar-refractivity contribution in [3.8, 4) is 5.75 Å². The van der Waals surface area contributed by atoms with Gasteiger partial charge in [-0.3, -0.25) is 0 Å². The lowest BCUT2D eigenvalue weighted by Crippen LogP contribution is -2.16. The van der Waals surface area contributed by atoms with Gasteiger partial charge in [-0.1, -0.05) is 18.2 Å². The van der Waals surface area contributed by atoms with E-state index in [0.29, 0.717) is 18.2 Å². The molecule has 0 saturated heterocycles. The first kappa shape index (κ1) is 12.4. The number of carboxylic acid groups (broad SMARTS) is 1.